The molecule has 1 aromatic heterocycles. The van der Waals surface area contributed by atoms with Crippen molar-refractivity contribution in [3.05, 3.63) is 70.9 Å². The fourth-order valence-electron chi connectivity index (χ4n) is 2.89. The van der Waals surface area contributed by atoms with Gasteiger partial charge < -0.3 is 9.64 Å². The van der Waals surface area contributed by atoms with Crippen LogP contribution in [0.1, 0.15) is 12.0 Å². The molecule has 0 radical (unpaired) electrons. The van der Waals surface area contributed by atoms with Crippen LogP contribution in [0.3, 0.4) is 0 Å². The zero-order valence-electron chi connectivity index (χ0n) is 16.7. The molecule has 2 aromatic carbocycles. The number of ether oxygens (including phenoxy) is 1. The molecule has 0 fully saturated rings. The highest BCUT2D eigenvalue weighted by Gasteiger charge is 2.12. The van der Waals surface area contributed by atoms with Crippen molar-refractivity contribution < 1.29 is 23.1 Å². The Labute approximate surface area is 182 Å². The monoisotopic (exact) mass is 447 g/mol. The number of anilines is 1. The Morgan fingerprint density at radius 1 is 1.10 bits per heavy atom. The molecule has 3 rings (SSSR count). The maximum Gasteiger partial charge on any atom is 0.412 e. The molecule has 0 saturated heterocycles. The molecule has 0 aliphatic heterocycles. The van der Waals surface area contributed by atoms with E-state index in [1.54, 1.807) is 13.1 Å². The number of rotatable bonds is 7. The molecule has 9 heteroatoms. The third-order valence-corrected chi connectivity index (χ3v) is 4.98. The molecule has 162 valence electrons. The molecule has 0 bridgehead atoms. The number of amides is 2. The number of nitrogens with zero attached hydrogens (tertiary/aromatic N) is 2. The molecule has 0 aliphatic carbocycles. The first-order valence-electron chi connectivity index (χ1n) is 9.49. The predicted octanol–water partition coefficient (Wildman–Crippen LogP) is 4.81. The Kier molecular flexibility index (Phi) is 7.36. The van der Waals surface area contributed by atoms with Crippen LogP contribution in [0.4, 0.5) is 19.4 Å². The lowest BCUT2D eigenvalue weighted by Crippen LogP contribution is -2.31. The lowest BCUT2D eigenvalue weighted by molar-refractivity contribution is -0.130. The van der Waals surface area contributed by atoms with E-state index >= 15 is 0 Å². The average molecular weight is 448 g/mol. The van der Waals surface area contributed by atoms with Crippen LogP contribution in [0.5, 0.6) is 0 Å². The number of aryl methyl sites for hydroxylation is 1. The lowest BCUT2D eigenvalue weighted by atomic mass is 10.1. The number of aromatic nitrogens is 1. The largest absolute Gasteiger partial charge is 0.447 e. The van der Waals surface area contributed by atoms with Crippen LogP contribution in [-0.4, -0.2) is 42.1 Å². The van der Waals surface area contributed by atoms with Gasteiger partial charge in [0.25, 0.3) is 0 Å². The van der Waals surface area contributed by atoms with Gasteiger partial charge >= 0.3 is 6.09 Å². The molecule has 0 spiro atoms. The normalized spacial score (nSPS) is 10.7. The zero-order chi connectivity index (χ0) is 22.4. The van der Waals surface area contributed by atoms with Crippen molar-refractivity contribution in [3.8, 4) is 0 Å². The summed E-state index contributed by atoms with van der Waals surface area (Å²) in [5.74, 6) is -0.771. The number of nitrogens with one attached hydrogen (secondary N) is 1. The number of halogens is 3. The molecule has 2 amide bonds. The van der Waals surface area contributed by atoms with E-state index in [2.05, 4.69) is 10.3 Å². The van der Waals surface area contributed by atoms with Gasteiger partial charge in [-0.2, -0.15) is 0 Å². The van der Waals surface area contributed by atoms with Crippen molar-refractivity contribution >= 4 is 40.2 Å². The van der Waals surface area contributed by atoms with E-state index in [0.717, 1.165) is 5.39 Å². The third kappa shape index (κ3) is 6.36. The van der Waals surface area contributed by atoms with E-state index in [1.165, 1.54) is 47.5 Å². The fourth-order valence-corrected chi connectivity index (χ4v) is 3.10. The summed E-state index contributed by atoms with van der Waals surface area (Å²) >= 11 is 6.00. The zero-order valence-corrected chi connectivity index (χ0v) is 17.5. The SMILES string of the molecule is CN(CCOC(=O)Nc1cc2cc(F)ccc2cn1)C(=O)CCc1cc(F)ccc1Cl. The molecule has 1 N–H and O–H groups in total. The van der Waals surface area contributed by atoms with Crippen LogP contribution >= 0.6 is 11.6 Å². The van der Waals surface area contributed by atoms with Gasteiger partial charge in [0.2, 0.25) is 5.91 Å². The molecular formula is C22H20ClF2N3O3. The second-order valence-corrected chi connectivity index (χ2v) is 7.28. The first-order chi connectivity index (χ1) is 14.8. The minimum atomic E-state index is -0.740. The third-order valence-electron chi connectivity index (χ3n) is 4.62. The Hall–Kier alpha value is -3.26. The fraction of sp³-hybridized carbons (Fsp3) is 0.227. The molecule has 0 saturated carbocycles. The van der Waals surface area contributed by atoms with E-state index in [1.807, 2.05) is 0 Å². The van der Waals surface area contributed by atoms with Gasteiger partial charge in [0.1, 0.15) is 24.1 Å². The lowest BCUT2D eigenvalue weighted by Gasteiger charge is -2.17. The van der Waals surface area contributed by atoms with E-state index in [4.69, 9.17) is 16.3 Å². The number of fused-ring (bicyclic) bond motifs is 1. The van der Waals surface area contributed by atoms with E-state index in [0.29, 0.717) is 22.4 Å². The highest BCUT2D eigenvalue weighted by molar-refractivity contribution is 6.31. The van der Waals surface area contributed by atoms with Crippen molar-refractivity contribution in [2.24, 2.45) is 0 Å². The minimum absolute atomic E-state index is 0.0307. The Bertz CT molecular complexity index is 1110. The molecular weight excluding hydrogens is 428 g/mol. The van der Waals surface area contributed by atoms with Gasteiger partial charge in [-0.05, 0) is 59.8 Å². The van der Waals surface area contributed by atoms with Crippen molar-refractivity contribution in [2.75, 3.05) is 25.5 Å². The van der Waals surface area contributed by atoms with E-state index in [9.17, 15) is 18.4 Å². The summed E-state index contributed by atoms with van der Waals surface area (Å²) in [7, 11) is 1.58. The number of hydrogen-bond acceptors (Lipinski definition) is 4. The van der Waals surface area contributed by atoms with Crippen LogP contribution in [0.25, 0.3) is 10.8 Å². The van der Waals surface area contributed by atoms with Crippen molar-refractivity contribution in [1.29, 1.82) is 0 Å². The second-order valence-electron chi connectivity index (χ2n) is 6.87. The summed E-state index contributed by atoms with van der Waals surface area (Å²) in [6.07, 6.45) is 1.22. The molecule has 0 unspecified atom stereocenters. The smallest absolute Gasteiger partial charge is 0.412 e. The minimum Gasteiger partial charge on any atom is -0.447 e. The molecule has 3 aromatic rings. The summed E-state index contributed by atoms with van der Waals surface area (Å²) in [5.41, 5.74) is 0.557. The van der Waals surface area contributed by atoms with Gasteiger partial charge in [-0.3, -0.25) is 10.1 Å². The molecule has 0 atom stereocenters. The van der Waals surface area contributed by atoms with Crippen molar-refractivity contribution in [3.63, 3.8) is 0 Å². The first-order valence-corrected chi connectivity index (χ1v) is 9.86. The number of benzene rings is 2. The highest BCUT2D eigenvalue weighted by Crippen LogP contribution is 2.19. The van der Waals surface area contributed by atoms with Crippen LogP contribution in [-0.2, 0) is 16.0 Å². The number of carbonyl (C=O) groups is 2. The van der Waals surface area contributed by atoms with Crippen LogP contribution in [0.2, 0.25) is 5.02 Å². The van der Waals surface area contributed by atoms with Crippen LogP contribution < -0.4 is 5.32 Å². The summed E-state index contributed by atoms with van der Waals surface area (Å²) in [6.45, 7) is 0.149. The number of pyridine rings is 1. The maximum absolute atomic E-state index is 13.3. The first kappa shape index (κ1) is 22.4. The topological polar surface area (TPSA) is 71.5 Å². The number of carbonyl (C=O) groups excluding carboxylic acids is 2. The van der Waals surface area contributed by atoms with Gasteiger partial charge in [-0.15, -0.1) is 0 Å². The van der Waals surface area contributed by atoms with Gasteiger partial charge in [-0.25, -0.2) is 18.6 Å². The summed E-state index contributed by atoms with van der Waals surface area (Å²) in [5, 5.41) is 4.20. The molecule has 31 heavy (non-hydrogen) atoms. The van der Waals surface area contributed by atoms with Gasteiger partial charge in [0.05, 0.1) is 6.54 Å². The van der Waals surface area contributed by atoms with Crippen LogP contribution in [0, 0.1) is 11.6 Å². The van der Waals surface area contributed by atoms with Gasteiger partial charge in [0.15, 0.2) is 0 Å². The summed E-state index contributed by atoms with van der Waals surface area (Å²) < 4.78 is 31.7. The molecule has 6 nitrogen and oxygen atoms in total. The van der Waals surface area contributed by atoms with Gasteiger partial charge in [0, 0.05) is 30.1 Å². The predicted molar refractivity (Wildman–Crippen MR) is 114 cm³/mol. The number of hydrogen-bond donors (Lipinski definition) is 1. The number of likely N-dealkylation sites (N-methyl/N-ethyl adjacent to an activating group) is 1. The molecule has 1 heterocycles. The maximum atomic E-state index is 13.3. The van der Waals surface area contributed by atoms with Crippen LogP contribution in [0.15, 0.2) is 48.7 Å². The highest BCUT2D eigenvalue weighted by atomic mass is 35.5. The Morgan fingerprint density at radius 2 is 1.84 bits per heavy atom. The average Bonchev–Trinajstić information content (AvgIpc) is 2.73. The second kappa shape index (κ2) is 10.2. The van der Waals surface area contributed by atoms with Crippen molar-refractivity contribution in [2.45, 2.75) is 12.8 Å². The van der Waals surface area contributed by atoms with E-state index < -0.39 is 11.9 Å². The quantitative estimate of drug-likeness (QED) is 0.564. The summed E-state index contributed by atoms with van der Waals surface area (Å²) in [4.78, 5) is 29.7. The molecule has 0 aliphatic rings. The van der Waals surface area contributed by atoms with E-state index in [-0.39, 0.29) is 37.1 Å². The standard InChI is InChI=1S/C22H20ClF2N3O3/c1-28(21(29)7-3-14-10-18(25)5-6-19(14)23)8-9-31-22(30)27-20-12-16-11-17(24)4-2-15(16)13-26-20/h2,4-6,10-13H,3,7-9H2,1H3,(H,26,27,30). The van der Waals surface area contributed by atoms with Gasteiger partial charge in [-0.1, -0.05) is 11.6 Å². The summed E-state index contributed by atoms with van der Waals surface area (Å²) in [6, 6.07) is 9.81. The Morgan fingerprint density at radius 3 is 2.65 bits per heavy atom. The van der Waals surface area contributed by atoms with Crippen molar-refractivity contribution in [1.82, 2.24) is 9.88 Å². The Balaban J connectivity index is 1.43.